The van der Waals surface area contributed by atoms with Crippen molar-refractivity contribution in [3.63, 3.8) is 0 Å². The second-order valence-corrected chi connectivity index (χ2v) is 7.36. The van der Waals surface area contributed by atoms with Crippen molar-refractivity contribution in [2.45, 2.75) is 6.92 Å². The van der Waals surface area contributed by atoms with Gasteiger partial charge < -0.3 is 24.6 Å². The zero-order valence-electron chi connectivity index (χ0n) is 18.3. The van der Waals surface area contributed by atoms with Gasteiger partial charge in [-0.15, -0.1) is 0 Å². The van der Waals surface area contributed by atoms with Crippen LogP contribution in [-0.2, 0) is 9.53 Å². The van der Waals surface area contributed by atoms with Crippen LogP contribution in [0, 0.1) is 12.7 Å². The van der Waals surface area contributed by atoms with Crippen LogP contribution in [0.15, 0.2) is 47.0 Å². The zero-order chi connectivity index (χ0) is 24.7. The number of carbonyl (C=O) groups is 3. The maximum absolute atomic E-state index is 14.3. The molecule has 0 spiro atoms. The molecule has 0 saturated carbocycles. The normalized spacial score (nSPS) is 10.5. The monoisotopic (exact) mass is 489 g/mol. The van der Waals surface area contributed by atoms with E-state index in [0.29, 0.717) is 11.3 Å². The number of carbonyl (C=O) groups excluding carboxylic acids is 3. The third-order valence-electron chi connectivity index (χ3n) is 4.69. The van der Waals surface area contributed by atoms with Gasteiger partial charge in [-0.25, -0.2) is 9.18 Å². The van der Waals surface area contributed by atoms with E-state index in [4.69, 9.17) is 25.6 Å². The predicted octanol–water partition coefficient (Wildman–Crippen LogP) is 3.15. The number of nitrogens with one attached hydrogen (secondary N) is 2. The highest BCUT2D eigenvalue weighted by atomic mass is 35.5. The first kappa shape index (κ1) is 24.7. The van der Waals surface area contributed by atoms with Gasteiger partial charge in [-0.2, -0.15) is 0 Å². The first-order chi connectivity index (χ1) is 16.3. The standard InChI is InChI=1S/C23H21ClFN3O6/c1-13-19(21(28-34-13)20-16(24)4-3-5-17(20)25)23(31)33-11-10-26-18(29)12-27-22(30)14-6-8-15(32-2)9-7-14/h3-9H,10-12H2,1-2H3,(H,26,29)(H,27,30). The molecule has 11 heteroatoms. The van der Waals surface area contributed by atoms with Crippen molar-refractivity contribution in [1.82, 2.24) is 15.8 Å². The molecule has 34 heavy (non-hydrogen) atoms. The number of benzene rings is 2. The summed E-state index contributed by atoms with van der Waals surface area (Å²) in [5, 5.41) is 8.80. The Labute approximate surface area is 199 Å². The van der Waals surface area contributed by atoms with Crippen molar-refractivity contribution in [2.24, 2.45) is 0 Å². The van der Waals surface area contributed by atoms with Crippen LogP contribution >= 0.6 is 11.6 Å². The Morgan fingerprint density at radius 1 is 1.12 bits per heavy atom. The van der Waals surface area contributed by atoms with Gasteiger partial charge in [0.2, 0.25) is 5.91 Å². The average Bonchev–Trinajstić information content (AvgIpc) is 3.21. The number of ether oxygens (including phenoxy) is 2. The fourth-order valence-electron chi connectivity index (χ4n) is 2.98. The molecule has 0 aliphatic rings. The Morgan fingerprint density at radius 2 is 1.85 bits per heavy atom. The van der Waals surface area contributed by atoms with Crippen LogP contribution < -0.4 is 15.4 Å². The van der Waals surface area contributed by atoms with Crippen molar-refractivity contribution >= 4 is 29.4 Å². The van der Waals surface area contributed by atoms with Gasteiger partial charge in [0.15, 0.2) is 0 Å². The molecule has 0 unspecified atom stereocenters. The van der Waals surface area contributed by atoms with Gasteiger partial charge in [-0.1, -0.05) is 22.8 Å². The summed E-state index contributed by atoms with van der Waals surface area (Å²) >= 11 is 6.06. The fourth-order valence-corrected chi connectivity index (χ4v) is 3.23. The first-order valence-electron chi connectivity index (χ1n) is 10.1. The highest BCUT2D eigenvalue weighted by molar-refractivity contribution is 6.33. The highest BCUT2D eigenvalue weighted by Gasteiger charge is 2.26. The van der Waals surface area contributed by atoms with Gasteiger partial charge in [-0.3, -0.25) is 9.59 Å². The lowest BCUT2D eigenvalue weighted by Crippen LogP contribution is -2.38. The lowest BCUT2D eigenvalue weighted by Gasteiger charge is -2.09. The molecule has 0 radical (unpaired) electrons. The molecule has 2 aromatic carbocycles. The van der Waals surface area contributed by atoms with Crippen molar-refractivity contribution in [2.75, 3.05) is 26.8 Å². The minimum Gasteiger partial charge on any atom is -0.497 e. The molecule has 1 aromatic heterocycles. The fraction of sp³-hybridized carbons (Fsp3) is 0.217. The Hall–Kier alpha value is -3.92. The lowest BCUT2D eigenvalue weighted by atomic mass is 10.1. The van der Waals surface area contributed by atoms with Gasteiger partial charge in [0, 0.05) is 5.56 Å². The summed E-state index contributed by atoms with van der Waals surface area (Å²) in [4.78, 5) is 36.6. The molecule has 0 saturated heterocycles. The van der Waals surface area contributed by atoms with E-state index in [2.05, 4.69) is 15.8 Å². The Balaban J connectivity index is 1.48. The molecule has 0 aliphatic heterocycles. The molecule has 2 amide bonds. The number of nitrogens with zero attached hydrogens (tertiary/aromatic N) is 1. The molecule has 3 aromatic rings. The second-order valence-electron chi connectivity index (χ2n) is 6.96. The van der Waals surface area contributed by atoms with Crippen molar-refractivity contribution in [3.05, 3.63) is 70.2 Å². The highest BCUT2D eigenvalue weighted by Crippen LogP contribution is 2.33. The SMILES string of the molecule is COc1ccc(C(=O)NCC(=O)NCCOC(=O)c2c(-c3c(F)cccc3Cl)noc2C)cc1. The van der Waals surface area contributed by atoms with Gasteiger partial charge in [0.05, 0.1) is 30.8 Å². The lowest BCUT2D eigenvalue weighted by molar-refractivity contribution is -0.120. The van der Waals surface area contributed by atoms with E-state index in [1.54, 1.807) is 24.3 Å². The second kappa shape index (κ2) is 11.3. The number of aryl methyl sites for hydroxylation is 1. The third-order valence-corrected chi connectivity index (χ3v) is 5.00. The molecule has 0 bridgehead atoms. The van der Waals surface area contributed by atoms with Crippen LogP contribution in [0.25, 0.3) is 11.3 Å². The number of methoxy groups -OCH3 is 1. The van der Waals surface area contributed by atoms with Crippen molar-refractivity contribution in [1.29, 1.82) is 0 Å². The maximum Gasteiger partial charge on any atom is 0.344 e. The van der Waals surface area contributed by atoms with E-state index in [9.17, 15) is 18.8 Å². The summed E-state index contributed by atoms with van der Waals surface area (Å²) in [5.74, 6) is -1.64. The first-order valence-corrected chi connectivity index (χ1v) is 10.5. The molecule has 1 heterocycles. The Kier molecular flexibility index (Phi) is 8.20. The third kappa shape index (κ3) is 5.90. The van der Waals surface area contributed by atoms with Crippen LogP contribution in [0.3, 0.4) is 0 Å². The maximum atomic E-state index is 14.3. The molecule has 178 valence electrons. The van der Waals surface area contributed by atoms with E-state index in [1.165, 1.54) is 32.2 Å². The smallest absolute Gasteiger partial charge is 0.344 e. The van der Waals surface area contributed by atoms with E-state index in [1.807, 2.05) is 0 Å². The number of halogens is 2. The van der Waals surface area contributed by atoms with Gasteiger partial charge in [-0.05, 0) is 43.3 Å². The molecule has 3 rings (SSSR count). The molecule has 0 atom stereocenters. The quantitative estimate of drug-likeness (QED) is 0.350. The Bertz CT molecular complexity index is 1180. The summed E-state index contributed by atoms with van der Waals surface area (Å²) in [7, 11) is 1.52. The van der Waals surface area contributed by atoms with Crippen LogP contribution in [0.5, 0.6) is 5.75 Å². The largest absolute Gasteiger partial charge is 0.497 e. The number of aromatic nitrogens is 1. The number of hydrogen-bond donors (Lipinski definition) is 2. The summed E-state index contributed by atoms with van der Waals surface area (Å²) in [6.07, 6.45) is 0. The van der Waals surface area contributed by atoms with E-state index in [-0.39, 0.29) is 47.3 Å². The number of rotatable bonds is 9. The van der Waals surface area contributed by atoms with Crippen LogP contribution in [0.4, 0.5) is 4.39 Å². The predicted molar refractivity (Wildman–Crippen MR) is 120 cm³/mol. The topological polar surface area (TPSA) is 120 Å². The minimum absolute atomic E-state index is 0.0108. The molecule has 0 aliphatic carbocycles. The number of esters is 1. The van der Waals surface area contributed by atoms with Crippen LogP contribution in [0.2, 0.25) is 5.02 Å². The van der Waals surface area contributed by atoms with Crippen molar-refractivity contribution in [3.8, 4) is 17.0 Å². The van der Waals surface area contributed by atoms with E-state index < -0.39 is 23.6 Å². The van der Waals surface area contributed by atoms with Crippen molar-refractivity contribution < 1.29 is 32.8 Å². The van der Waals surface area contributed by atoms with Crippen LogP contribution in [-0.4, -0.2) is 49.7 Å². The zero-order valence-corrected chi connectivity index (χ0v) is 19.1. The summed E-state index contributed by atoms with van der Waals surface area (Å²) in [5.41, 5.74) is 0.159. The summed E-state index contributed by atoms with van der Waals surface area (Å²) in [6, 6.07) is 10.5. The minimum atomic E-state index is -0.810. The molecule has 0 fully saturated rings. The van der Waals surface area contributed by atoms with Gasteiger partial charge >= 0.3 is 5.97 Å². The van der Waals surface area contributed by atoms with Crippen LogP contribution in [0.1, 0.15) is 26.5 Å². The number of hydrogen-bond acceptors (Lipinski definition) is 7. The molecule has 2 N–H and O–H groups in total. The van der Waals surface area contributed by atoms with Gasteiger partial charge in [0.25, 0.3) is 5.91 Å². The van der Waals surface area contributed by atoms with E-state index >= 15 is 0 Å². The molecule has 9 nitrogen and oxygen atoms in total. The Morgan fingerprint density at radius 3 is 2.53 bits per heavy atom. The summed E-state index contributed by atoms with van der Waals surface area (Å²) in [6.45, 7) is 1.03. The van der Waals surface area contributed by atoms with Gasteiger partial charge in [0.1, 0.15) is 35.2 Å². The molecular weight excluding hydrogens is 469 g/mol. The number of amides is 2. The van der Waals surface area contributed by atoms with E-state index in [0.717, 1.165) is 0 Å². The molecular formula is C23H21ClFN3O6. The summed E-state index contributed by atoms with van der Waals surface area (Å²) < 4.78 is 29.5. The average molecular weight is 490 g/mol.